The number of benzene rings is 1. The molecule has 5 heteroatoms. The maximum Gasteiger partial charge on any atom is 0.224 e. The van der Waals surface area contributed by atoms with Gasteiger partial charge in [0.05, 0.1) is 10.7 Å². The molecule has 0 bridgehead atoms. The molecule has 0 aliphatic rings. The van der Waals surface area contributed by atoms with Gasteiger partial charge < -0.3 is 10.6 Å². The van der Waals surface area contributed by atoms with Gasteiger partial charge in [-0.3, -0.25) is 9.59 Å². The second-order valence-electron chi connectivity index (χ2n) is 3.25. The third-order valence-corrected chi connectivity index (χ3v) is 2.26. The van der Waals surface area contributed by atoms with E-state index in [0.29, 0.717) is 29.2 Å². The van der Waals surface area contributed by atoms with Crippen LogP contribution in [-0.2, 0) is 9.59 Å². The van der Waals surface area contributed by atoms with Gasteiger partial charge in [0.15, 0.2) is 0 Å². The Morgan fingerprint density at radius 1 is 1.50 bits per heavy atom. The number of hydrogen-bond acceptors (Lipinski definition) is 2. The van der Waals surface area contributed by atoms with E-state index in [1.165, 1.54) is 0 Å². The van der Waals surface area contributed by atoms with E-state index in [-0.39, 0.29) is 5.91 Å². The summed E-state index contributed by atoms with van der Waals surface area (Å²) >= 11 is 5.94. The highest BCUT2D eigenvalue weighted by Crippen LogP contribution is 2.25. The van der Waals surface area contributed by atoms with Crippen LogP contribution in [-0.4, -0.2) is 12.3 Å². The first kappa shape index (κ1) is 12.5. The van der Waals surface area contributed by atoms with Gasteiger partial charge >= 0.3 is 0 Å². The van der Waals surface area contributed by atoms with Crippen LogP contribution >= 0.6 is 11.6 Å². The molecule has 4 nitrogen and oxygen atoms in total. The third kappa shape index (κ3) is 3.55. The van der Waals surface area contributed by atoms with Crippen molar-refractivity contribution in [3.8, 4) is 0 Å². The fourth-order valence-electron chi connectivity index (χ4n) is 1.21. The number of amides is 2. The fraction of sp³-hybridized carbons (Fsp3) is 0.273. The van der Waals surface area contributed by atoms with Crippen LogP contribution in [0, 0.1) is 0 Å². The zero-order valence-electron chi connectivity index (χ0n) is 8.92. The van der Waals surface area contributed by atoms with E-state index in [2.05, 4.69) is 10.6 Å². The summed E-state index contributed by atoms with van der Waals surface area (Å²) in [5.41, 5.74) is 1.14. The zero-order valence-corrected chi connectivity index (χ0v) is 9.67. The Hall–Kier alpha value is -1.55. The molecule has 0 unspecified atom stereocenters. The molecule has 86 valence electrons. The van der Waals surface area contributed by atoms with Crippen molar-refractivity contribution in [3.63, 3.8) is 0 Å². The van der Waals surface area contributed by atoms with Gasteiger partial charge in [-0.2, -0.15) is 0 Å². The van der Waals surface area contributed by atoms with Crippen LogP contribution in [0.1, 0.15) is 19.8 Å². The number of carbonyl (C=O) groups is 2. The van der Waals surface area contributed by atoms with Crippen molar-refractivity contribution in [2.75, 3.05) is 10.6 Å². The molecular formula is C11H13ClN2O2. The number of carbonyl (C=O) groups excluding carboxylic acids is 2. The molecule has 0 radical (unpaired) electrons. The maximum atomic E-state index is 11.3. The first-order valence-electron chi connectivity index (χ1n) is 4.97. The summed E-state index contributed by atoms with van der Waals surface area (Å²) in [6, 6.07) is 4.90. The summed E-state index contributed by atoms with van der Waals surface area (Å²) in [7, 11) is 0. The molecule has 2 amide bonds. The van der Waals surface area contributed by atoms with Crippen LogP contribution in [0.15, 0.2) is 18.2 Å². The number of halogens is 1. The van der Waals surface area contributed by atoms with Crippen molar-refractivity contribution >= 4 is 35.3 Å². The van der Waals surface area contributed by atoms with E-state index in [1.54, 1.807) is 18.2 Å². The fourth-order valence-corrected chi connectivity index (χ4v) is 1.44. The van der Waals surface area contributed by atoms with Crippen molar-refractivity contribution in [2.24, 2.45) is 0 Å². The lowest BCUT2D eigenvalue weighted by molar-refractivity contribution is -0.116. The van der Waals surface area contributed by atoms with Gasteiger partial charge in [-0.25, -0.2) is 0 Å². The number of nitrogens with one attached hydrogen (secondary N) is 2. The Kier molecular flexibility index (Phi) is 4.79. The normalized spacial score (nSPS) is 9.62. The van der Waals surface area contributed by atoms with Crippen molar-refractivity contribution in [1.29, 1.82) is 0 Å². The van der Waals surface area contributed by atoms with Crippen LogP contribution in [0.3, 0.4) is 0 Å². The highest BCUT2D eigenvalue weighted by molar-refractivity contribution is 6.34. The van der Waals surface area contributed by atoms with Crippen LogP contribution in [0.25, 0.3) is 0 Å². The monoisotopic (exact) mass is 240 g/mol. The second-order valence-corrected chi connectivity index (χ2v) is 3.66. The summed E-state index contributed by atoms with van der Waals surface area (Å²) < 4.78 is 0. The lowest BCUT2D eigenvalue weighted by atomic mass is 10.2. The van der Waals surface area contributed by atoms with E-state index >= 15 is 0 Å². The average Bonchev–Trinajstić information content (AvgIpc) is 2.23. The largest absolute Gasteiger partial charge is 0.329 e. The number of rotatable bonds is 5. The first-order chi connectivity index (χ1) is 7.67. The molecule has 0 saturated heterocycles. The van der Waals surface area contributed by atoms with Crippen molar-refractivity contribution < 1.29 is 9.59 Å². The molecule has 16 heavy (non-hydrogen) atoms. The predicted octanol–water partition coefficient (Wildman–Crippen LogP) is 2.65. The van der Waals surface area contributed by atoms with Gasteiger partial charge in [0.1, 0.15) is 0 Å². The molecular weight excluding hydrogens is 228 g/mol. The van der Waals surface area contributed by atoms with Crippen molar-refractivity contribution in [2.45, 2.75) is 19.8 Å². The topological polar surface area (TPSA) is 58.2 Å². The Morgan fingerprint density at radius 3 is 2.81 bits per heavy atom. The summed E-state index contributed by atoms with van der Waals surface area (Å²) in [6.45, 7) is 1.93. The highest BCUT2D eigenvalue weighted by Gasteiger charge is 2.05. The Morgan fingerprint density at radius 2 is 2.25 bits per heavy atom. The Labute approximate surface area is 99.0 Å². The summed E-state index contributed by atoms with van der Waals surface area (Å²) in [6.07, 6.45) is 1.82. The molecule has 0 saturated carbocycles. The molecule has 1 aromatic rings. The highest BCUT2D eigenvalue weighted by atomic mass is 35.5. The molecule has 0 aliphatic carbocycles. The smallest absolute Gasteiger partial charge is 0.224 e. The van der Waals surface area contributed by atoms with Crippen molar-refractivity contribution in [1.82, 2.24) is 0 Å². The van der Waals surface area contributed by atoms with E-state index in [1.807, 2.05) is 6.92 Å². The van der Waals surface area contributed by atoms with Crippen LogP contribution in [0.4, 0.5) is 11.4 Å². The van der Waals surface area contributed by atoms with Gasteiger partial charge in [0.25, 0.3) is 0 Å². The van der Waals surface area contributed by atoms with Crippen molar-refractivity contribution in [3.05, 3.63) is 23.2 Å². The summed E-state index contributed by atoms with van der Waals surface area (Å²) in [5.74, 6) is -0.0690. The summed E-state index contributed by atoms with van der Waals surface area (Å²) in [5, 5.41) is 5.57. The maximum absolute atomic E-state index is 11.3. The zero-order chi connectivity index (χ0) is 12.0. The summed E-state index contributed by atoms with van der Waals surface area (Å²) in [4.78, 5) is 21.5. The quantitative estimate of drug-likeness (QED) is 0.778. The molecule has 0 spiro atoms. The lowest BCUT2D eigenvalue weighted by Crippen LogP contribution is -2.11. The molecule has 0 atom stereocenters. The van der Waals surface area contributed by atoms with E-state index in [4.69, 9.17) is 11.6 Å². The lowest BCUT2D eigenvalue weighted by Gasteiger charge is -2.07. The third-order valence-electron chi connectivity index (χ3n) is 1.95. The molecule has 0 heterocycles. The van der Waals surface area contributed by atoms with Gasteiger partial charge in [0, 0.05) is 12.1 Å². The van der Waals surface area contributed by atoms with E-state index in [9.17, 15) is 9.59 Å². The van der Waals surface area contributed by atoms with Gasteiger partial charge in [0.2, 0.25) is 12.3 Å². The molecule has 0 fully saturated rings. The van der Waals surface area contributed by atoms with Crippen LogP contribution in [0.5, 0.6) is 0 Å². The minimum absolute atomic E-state index is 0.0690. The molecule has 0 aromatic heterocycles. The van der Waals surface area contributed by atoms with Gasteiger partial charge in [-0.05, 0) is 24.6 Å². The molecule has 1 rings (SSSR count). The van der Waals surface area contributed by atoms with Crippen LogP contribution < -0.4 is 10.6 Å². The number of anilines is 2. The SMILES string of the molecule is CCCC(=O)Nc1ccc(NC=O)cc1Cl. The van der Waals surface area contributed by atoms with Gasteiger partial charge in [-0.1, -0.05) is 18.5 Å². The predicted molar refractivity (Wildman–Crippen MR) is 64.7 cm³/mol. The second kappa shape index (κ2) is 6.12. The number of hydrogen-bond donors (Lipinski definition) is 2. The van der Waals surface area contributed by atoms with Crippen LogP contribution in [0.2, 0.25) is 5.02 Å². The molecule has 2 N–H and O–H groups in total. The average molecular weight is 241 g/mol. The standard InChI is InChI=1S/C11H13ClN2O2/c1-2-3-11(16)14-10-5-4-8(13-7-15)6-9(10)12/h4-7H,2-3H2,1H3,(H,13,15)(H,14,16). The van der Waals surface area contributed by atoms with E-state index < -0.39 is 0 Å². The molecule has 0 aliphatic heterocycles. The molecule has 1 aromatic carbocycles. The first-order valence-corrected chi connectivity index (χ1v) is 5.34. The minimum Gasteiger partial charge on any atom is -0.329 e. The van der Waals surface area contributed by atoms with Gasteiger partial charge in [-0.15, -0.1) is 0 Å². The minimum atomic E-state index is -0.0690. The Balaban J connectivity index is 2.74. The van der Waals surface area contributed by atoms with E-state index in [0.717, 1.165) is 6.42 Å². The Bertz CT molecular complexity index is 394.